The highest BCUT2D eigenvalue weighted by Crippen LogP contribution is 2.57. The van der Waals surface area contributed by atoms with Crippen LogP contribution in [0, 0.1) is 5.41 Å². The molecular weight excluding hydrogens is 319 g/mol. The Kier molecular flexibility index (Phi) is 3.28. The SMILES string of the molecule is CC1=C2CC[C@@]3(C)C(=C2OC1=O)C(C)=C(Cl)[C@@H](Cl)[C@@H]3Cl. The summed E-state index contributed by atoms with van der Waals surface area (Å²) in [6.07, 6.45) is 1.62. The van der Waals surface area contributed by atoms with E-state index in [9.17, 15) is 4.79 Å². The quantitative estimate of drug-likeness (QED) is 0.476. The molecule has 2 nitrogen and oxygen atoms in total. The fraction of sp³-hybridized carbons (Fsp3) is 0.533. The smallest absolute Gasteiger partial charge is 0.339 e. The number of carbonyl (C=O) groups excluding carboxylic acids is 1. The van der Waals surface area contributed by atoms with E-state index in [0.717, 1.165) is 29.6 Å². The molecule has 0 bridgehead atoms. The number of esters is 1. The molecule has 2 aliphatic carbocycles. The number of allylic oxidation sites excluding steroid dienone is 4. The van der Waals surface area contributed by atoms with Gasteiger partial charge in [-0.15, -0.1) is 23.2 Å². The Balaban J connectivity index is 2.31. The third kappa shape index (κ3) is 1.68. The van der Waals surface area contributed by atoms with Crippen LogP contribution in [0.25, 0.3) is 0 Å². The van der Waals surface area contributed by atoms with Crippen LogP contribution in [-0.4, -0.2) is 16.7 Å². The van der Waals surface area contributed by atoms with Gasteiger partial charge in [-0.1, -0.05) is 18.5 Å². The molecule has 20 heavy (non-hydrogen) atoms. The minimum absolute atomic E-state index is 0.269. The molecule has 0 amide bonds. The van der Waals surface area contributed by atoms with Crippen LogP contribution in [0.5, 0.6) is 0 Å². The van der Waals surface area contributed by atoms with Gasteiger partial charge in [-0.3, -0.25) is 0 Å². The molecular formula is C15H15Cl3O2. The van der Waals surface area contributed by atoms with Crippen molar-refractivity contribution in [2.24, 2.45) is 5.41 Å². The van der Waals surface area contributed by atoms with E-state index in [0.29, 0.717) is 16.4 Å². The maximum absolute atomic E-state index is 11.8. The van der Waals surface area contributed by atoms with Gasteiger partial charge in [-0.05, 0) is 32.3 Å². The lowest BCUT2D eigenvalue weighted by atomic mass is 9.64. The van der Waals surface area contributed by atoms with Gasteiger partial charge in [0.1, 0.15) is 5.76 Å². The Morgan fingerprint density at radius 1 is 1.25 bits per heavy atom. The zero-order valence-corrected chi connectivity index (χ0v) is 13.8. The standard InChI is InChI=1S/C15H15Cl3O2/c1-6-8-4-5-15(3)9(12(8)20-14(6)19)7(2)10(16)11(17)13(15)18/h11,13H,4-5H2,1-3H3/t11-,13+,15+/m1/s1. The lowest BCUT2D eigenvalue weighted by molar-refractivity contribution is -0.133. The van der Waals surface area contributed by atoms with Crippen molar-refractivity contribution in [2.75, 3.05) is 0 Å². The molecule has 0 aromatic rings. The van der Waals surface area contributed by atoms with Crippen LogP contribution in [0.3, 0.4) is 0 Å². The Bertz CT molecular complexity index is 615. The Labute approximate surface area is 133 Å². The summed E-state index contributed by atoms with van der Waals surface area (Å²) in [5.41, 5.74) is 3.20. The number of alkyl halides is 2. The molecule has 0 aromatic carbocycles. The predicted octanol–water partition coefficient (Wildman–Crippen LogP) is 4.66. The van der Waals surface area contributed by atoms with Crippen LogP contribution in [0.1, 0.15) is 33.6 Å². The van der Waals surface area contributed by atoms with Crippen molar-refractivity contribution in [3.05, 3.63) is 33.1 Å². The van der Waals surface area contributed by atoms with Gasteiger partial charge in [0.15, 0.2) is 0 Å². The average Bonchev–Trinajstić information content (AvgIpc) is 2.69. The van der Waals surface area contributed by atoms with E-state index in [1.54, 1.807) is 6.92 Å². The van der Waals surface area contributed by atoms with Crippen molar-refractivity contribution in [3.8, 4) is 0 Å². The summed E-state index contributed by atoms with van der Waals surface area (Å²) in [6.45, 7) is 5.80. The van der Waals surface area contributed by atoms with Crippen molar-refractivity contribution >= 4 is 40.8 Å². The van der Waals surface area contributed by atoms with Crippen LogP contribution in [0.2, 0.25) is 0 Å². The first-order valence-corrected chi connectivity index (χ1v) is 7.86. The number of rotatable bonds is 0. The van der Waals surface area contributed by atoms with Gasteiger partial charge < -0.3 is 4.74 Å². The summed E-state index contributed by atoms with van der Waals surface area (Å²) in [5, 5.41) is -0.172. The first kappa shape index (κ1) is 14.5. The number of carbonyl (C=O) groups is 1. The highest BCUT2D eigenvalue weighted by Gasteiger charge is 2.52. The molecule has 5 heteroatoms. The van der Waals surface area contributed by atoms with Crippen LogP contribution in [-0.2, 0) is 9.53 Å². The minimum Gasteiger partial charge on any atom is -0.423 e. The highest BCUT2D eigenvalue weighted by molar-refractivity contribution is 6.41. The van der Waals surface area contributed by atoms with Crippen molar-refractivity contribution < 1.29 is 9.53 Å². The molecule has 1 heterocycles. The van der Waals surface area contributed by atoms with Crippen LogP contribution < -0.4 is 0 Å². The lowest BCUT2D eigenvalue weighted by Gasteiger charge is -2.46. The van der Waals surface area contributed by atoms with Crippen molar-refractivity contribution in [1.29, 1.82) is 0 Å². The van der Waals surface area contributed by atoms with Gasteiger partial charge in [0.2, 0.25) is 0 Å². The summed E-state index contributed by atoms with van der Waals surface area (Å²) < 4.78 is 5.49. The second kappa shape index (κ2) is 4.53. The third-order valence-corrected chi connectivity index (χ3v) is 6.72. The maximum Gasteiger partial charge on any atom is 0.339 e. The van der Waals surface area contributed by atoms with Gasteiger partial charge in [0, 0.05) is 27.2 Å². The van der Waals surface area contributed by atoms with Crippen LogP contribution in [0.15, 0.2) is 33.1 Å². The molecule has 0 N–H and O–H groups in total. The molecule has 3 aliphatic rings. The number of halogens is 3. The van der Waals surface area contributed by atoms with E-state index >= 15 is 0 Å². The number of hydrogen-bond donors (Lipinski definition) is 0. The highest BCUT2D eigenvalue weighted by atomic mass is 35.5. The van der Waals surface area contributed by atoms with Crippen LogP contribution in [0.4, 0.5) is 0 Å². The zero-order chi connectivity index (χ0) is 14.8. The number of fused-ring (bicyclic) bond motifs is 2. The van der Waals surface area contributed by atoms with E-state index < -0.39 is 5.38 Å². The molecule has 0 saturated carbocycles. The summed E-state index contributed by atoms with van der Waals surface area (Å²) in [5.74, 6) is 0.390. The Morgan fingerprint density at radius 2 is 1.90 bits per heavy atom. The molecule has 108 valence electrons. The second-order valence-electron chi connectivity index (χ2n) is 5.89. The third-order valence-electron chi connectivity index (χ3n) is 4.76. The van der Waals surface area contributed by atoms with E-state index in [1.165, 1.54) is 0 Å². The normalized spacial score (nSPS) is 37.2. The number of hydrogen-bond acceptors (Lipinski definition) is 2. The zero-order valence-electron chi connectivity index (χ0n) is 11.5. The first-order chi connectivity index (χ1) is 9.29. The monoisotopic (exact) mass is 332 g/mol. The Morgan fingerprint density at radius 3 is 2.55 bits per heavy atom. The molecule has 3 atom stereocenters. The molecule has 0 radical (unpaired) electrons. The van der Waals surface area contributed by atoms with Crippen molar-refractivity contribution in [1.82, 2.24) is 0 Å². The topological polar surface area (TPSA) is 26.3 Å². The van der Waals surface area contributed by atoms with Gasteiger partial charge in [-0.2, -0.15) is 0 Å². The van der Waals surface area contributed by atoms with E-state index in [2.05, 4.69) is 6.92 Å². The maximum atomic E-state index is 11.8. The van der Waals surface area contributed by atoms with E-state index in [-0.39, 0.29) is 16.8 Å². The lowest BCUT2D eigenvalue weighted by Crippen LogP contribution is -2.43. The summed E-state index contributed by atoms with van der Waals surface area (Å²) in [6, 6.07) is 0. The minimum atomic E-state index is -0.406. The molecule has 0 unspecified atom stereocenters. The molecule has 0 spiro atoms. The van der Waals surface area contributed by atoms with E-state index in [4.69, 9.17) is 39.5 Å². The molecule has 0 fully saturated rings. The van der Waals surface area contributed by atoms with Crippen molar-refractivity contribution in [3.63, 3.8) is 0 Å². The fourth-order valence-corrected chi connectivity index (χ4v) is 4.52. The summed E-state index contributed by atoms with van der Waals surface area (Å²) in [7, 11) is 0. The summed E-state index contributed by atoms with van der Waals surface area (Å²) in [4.78, 5) is 11.8. The van der Waals surface area contributed by atoms with Gasteiger partial charge in [0.05, 0.1) is 10.8 Å². The summed E-state index contributed by atoms with van der Waals surface area (Å²) >= 11 is 19.3. The first-order valence-electron chi connectivity index (χ1n) is 6.61. The molecule has 1 aliphatic heterocycles. The largest absolute Gasteiger partial charge is 0.423 e. The molecule has 0 saturated heterocycles. The van der Waals surface area contributed by atoms with Gasteiger partial charge >= 0.3 is 5.97 Å². The van der Waals surface area contributed by atoms with Gasteiger partial charge in [-0.25, -0.2) is 4.79 Å². The predicted molar refractivity (Wildman–Crippen MR) is 81.0 cm³/mol. The molecule has 0 aromatic heterocycles. The van der Waals surface area contributed by atoms with Crippen LogP contribution >= 0.6 is 34.8 Å². The van der Waals surface area contributed by atoms with Gasteiger partial charge in [0.25, 0.3) is 0 Å². The fourth-order valence-electron chi connectivity index (χ4n) is 3.45. The average molecular weight is 334 g/mol. The molecule has 3 rings (SSSR count). The second-order valence-corrected chi connectivity index (χ2v) is 7.24. The number of ether oxygens (including phenoxy) is 1. The Hall–Kier alpha value is -0.440. The van der Waals surface area contributed by atoms with Crippen molar-refractivity contribution in [2.45, 2.75) is 44.4 Å². The van der Waals surface area contributed by atoms with E-state index in [1.807, 2.05) is 6.92 Å².